The van der Waals surface area contributed by atoms with Crippen LogP contribution in [0.25, 0.3) is 0 Å². The molecule has 0 spiro atoms. The van der Waals surface area contributed by atoms with Gasteiger partial charge >= 0.3 is 0 Å². The van der Waals surface area contributed by atoms with Gasteiger partial charge in [-0.2, -0.15) is 0 Å². The van der Waals surface area contributed by atoms with E-state index in [0.29, 0.717) is 19.1 Å². The smallest absolute Gasteiger partial charge is 0.213 e. The Morgan fingerprint density at radius 1 is 1.30 bits per heavy atom. The van der Waals surface area contributed by atoms with E-state index in [4.69, 9.17) is 4.74 Å². The van der Waals surface area contributed by atoms with Gasteiger partial charge in [0.15, 0.2) is 5.96 Å². The highest BCUT2D eigenvalue weighted by molar-refractivity contribution is 7.89. The number of guanidine groups is 1. The van der Waals surface area contributed by atoms with E-state index in [-0.39, 0.29) is 11.9 Å². The van der Waals surface area contributed by atoms with Crippen molar-refractivity contribution in [1.82, 2.24) is 19.4 Å². The number of likely N-dealkylation sites (tertiary alicyclic amines) is 1. The third-order valence-corrected chi connectivity index (χ3v) is 7.79. The minimum absolute atomic E-state index is 0.134. The molecule has 0 amide bonds. The van der Waals surface area contributed by atoms with Crippen molar-refractivity contribution >= 4 is 16.0 Å². The maximum absolute atomic E-state index is 11.9. The Labute approximate surface area is 180 Å². The number of fused-ring (bicyclic) bond motifs is 1. The number of aliphatic imine (C=N–C) groups is 1. The van der Waals surface area contributed by atoms with E-state index < -0.39 is 10.0 Å². The number of nitrogens with zero attached hydrogens (tertiary/aromatic N) is 4. The van der Waals surface area contributed by atoms with Crippen LogP contribution >= 0.6 is 0 Å². The highest BCUT2D eigenvalue weighted by Gasteiger charge is 2.41. The van der Waals surface area contributed by atoms with Crippen molar-refractivity contribution in [3.63, 3.8) is 0 Å². The van der Waals surface area contributed by atoms with Gasteiger partial charge < -0.3 is 15.0 Å². The summed E-state index contributed by atoms with van der Waals surface area (Å²) in [6.07, 6.45) is 0.911. The molecule has 0 aromatic heterocycles. The zero-order valence-electron chi connectivity index (χ0n) is 18.3. The molecule has 1 aromatic rings. The Bertz CT molecular complexity index is 802. The number of hydrogen-bond acceptors (Lipinski definition) is 5. The Morgan fingerprint density at radius 3 is 2.77 bits per heavy atom. The first kappa shape index (κ1) is 23.0. The number of ether oxygens (including phenoxy) is 1. The molecule has 2 aliphatic rings. The lowest BCUT2D eigenvalue weighted by Crippen LogP contribution is -2.50. The van der Waals surface area contributed by atoms with Gasteiger partial charge in [-0.25, -0.2) is 12.7 Å². The van der Waals surface area contributed by atoms with Crippen molar-refractivity contribution in [2.24, 2.45) is 4.99 Å². The standard InChI is InChI=1S/C21H35N5O3S/c1-4-30(27,28)24(3)12-8-11-23-21(22-2)26-16-19-20(17-26)29-14-13-25(19)15-18-9-6-5-7-10-18/h5-7,9-10,19-20H,4,8,11-17H2,1-3H3,(H,22,23). The predicted octanol–water partition coefficient (Wildman–Crippen LogP) is 0.819. The highest BCUT2D eigenvalue weighted by Crippen LogP contribution is 2.24. The van der Waals surface area contributed by atoms with E-state index in [1.807, 2.05) is 6.07 Å². The summed E-state index contributed by atoms with van der Waals surface area (Å²) < 4.78 is 31.2. The fourth-order valence-electron chi connectivity index (χ4n) is 4.14. The van der Waals surface area contributed by atoms with Crippen molar-refractivity contribution in [1.29, 1.82) is 0 Å². The molecule has 2 saturated heterocycles. The fraction of sp³-hybridized carbons (Fsp3) is 0.667. The molecule has 30 heavy (non-hydrogen) atoms. The molecule has 0 radical (unpaired) electrons. The van der Waals surface area contributed by atoms with Crippen LogP contribution in [0.15, 0.2) is 35.3 Å². The predicted molar refractivity (Wildman–Crippen MR) is 120 cm³/mol. The maximum atomic E-state index is 11.9. The Morgan fingerprint density at radius 2 is 2.07 bits per heavy atom. The molecule has 2 unspecified atom stereocenters. The minimum atomic E-state index is -3.12. The van der Waals surface area contributed by atoms with Crippen LogP contribution in [0.1, 0.15) is 18.9 Å². The summed E-state index contributed by atoms with van der Waals surface area (Å²) in [5.74, 6) is 0.989. The molecule has 3 rings (SSSR count). The molecule has 0 bridgehead atoms. The van der Waals surface area contributed by atoms with Crippen LogP contribution < -0.4 is 5.32 Å². The van der Waals surface area contributed by atoms with Gasteiger partial charge in [0.05, 0.1) is 24.5 Å². The molecule has 2 aliphatic heterocycles. The van der Waals surface area contributed by atoms with Crippen LogP contribution in [0.4, 0.5) is 0 Å². The van der Waals surface area contributed by atoms with Crippen molar-refractivity contribution in [2.45, 2.75) is 32.0 Å². The van der Waals surface area contributed by atoms with Crippen molar-refractivity contribution < 1.29 is 13.2 Å². The number of rotatable bonds is 8. The van der Waals surface area contributed by atoms with Gasteiger partial charge in [0.2, 0.25) is 10.0 Å². The lowest BCUT2D eigenvalue weighted by atomic mass is 10.1. The maximum Gasteiger partial charge on any atom is 0.213 e. The number of morpholine rings is 1. The second-order valence-electron chi connectivity index (χ2n) is 7.89. The van der Waals surface area contributed by atoms with E-state index in [9.17, 15) is 8.42 Å². The molecule has 0 aliphatic carbocycles. The second kappa shape index (κ2) is 10.6. The summed E-state index contributed by atoms with van der Waals surface area (Å²) >= 11 is 0. The van der Waals surface area contributed by atoms with Gasteiger partial charge in [-0.3, -0.25) is 9.89 Å². The van der Waals surface area contributed by atoms with Crippen molar-refractivity contribution in [3.8, 4) is 0 Å². The lowest BCUT2D eigenvalue weighted by Gasteiger charge is -2.36. The third-order valence-electron chi connectivity index (χ3n) is 5.93. The van der Waals surface area contributed by atoms with Gasteiger partial charge in [-0.1, -0.05) is 30.3 Å². The van der Waals surface area contributed by atoms with Crippen LogP contribution in [0, 0.1) is 0 Å². The highest BCUT2D eigenvalue weighted by atomic mass is 32.2. The SMILES string of the molecule is CCS(=O)(=O)N(C)CCCNC(=NC)N1CC2OCCN(Cc3ccccc3)C2C1. The van der Waals surface area contributed by atoms with Gasteiger partial charge in [0, 0.05) is 53.4 Å². The third kappa shape index (κ3) is 5.72. The van der Waals surface area contributed by atoms with E-state index in [2.05, 4.69) is 44.4 Å². The van der Waals surface area contributed by atoms with E-state index in [0.717, 1.165) is 45.2 Å². The number of nitrogens with one attached hydrogen (secondary N) is 1. The monoisotopic (exact) mass is 437 g/mol. The normalized spacial score (nSPS) is 23.1. The molecule has 2 atom stereocenters. The number of benzene rings is 1. The van der Waals surface area contributed by atoms with Crippen LogP contribution in [-0.4, -0.2) is 99.8 Å². The Hall–Kier alpha value is -1.68. The molecule has 8 nitrogen and oxygen atoms in total. The molecule has 1 N–H and O–H groups in total. The molecule has 0 saturated carbocycles. The summed E-state index contributed by atoms with van der Waals surface area (Å²) in [6.45, 7) is 7.17. The summed E-state index contributed by atoms with van der Waals surface area (Å²) in [5.41, 5.74) is 1.32. The van der Waals surface area contributed by atoms with E-state index >= 15 is 0 Å². The number of hydrogen-bond donors (Lipinski definition) is 1. The first-order valence-corrected chi connectivity index (χ1v) is 12.3. The van der Waals surface area contributed by atoms with Crippen molar-refractivity contribution in [2.75, 3.05) is 59.2 Å². The van der Waals surface area contributed by atoms with Gasteiger partial charge in [0.1, 0.15) is 0 Å². The topological polar surface area (TPSA) is 77.5 Å². The van der Waals surface area contributed by atoms with Crippen LogP contribution in [0.5, 0.6) is 0 Å². The molecular weight excluding hydrogens is 402 g/mol. The van der Waals surface area contributed by atoms with Crippen LogP contribution in [0.3, 0.4) is 0 Å². The first-order chi connectivity index (χ1) is 14.4. The zero-order chi connectivity index (χ0) is 21.6. The summed E-state index contributed by atoms with van der Waals surface area (Å²) in [5, 5.41) is 3.39. The van der Waals surface area contributed by atoms with Gasteiger partial charge in [0.25, 0.3) is 0 Å². The minimum Gasteiger partial charge on any atom is -0.373 e. The Balaban J connectivity index is 1.51. The van der Waals surface area contributed by atoms with E-state index in [1.165, 1.54) is 9.87 Å². The average Bonchev–Trinajstić information content (AvgIpc) is 3.19. The molecule has 1 aromatic carbocycles. The van der Waals surface area contributed by atoms with E-state index in [1.54, 1.807) is 21.0 Å². The lowest BCUT2D eigenvalue weighted by molar-refractivity contribution is -0.0502. The van der Waals surface area contributed by atoms with Crippen molar-refractivity contribution in [3.05, 3.63) is 35.9 Å². The molecule has 2 heterocycles. The van der Waals surface area contributed by atoms with Gasteiger partial charge in [-0.05, 0) is 18.9 Å². The molecule has 9 heteroatoms. The average molecular weight is 438 g/mol. The van der Waals surface area contributed by atoms with Gasteiger partial charge in [-0.15, -0.1) is 0 Å². The Kier molecular flexibility index (Phi) is 8.10. The number of sulfonamides is 1. The summed E-state index contributed by atoms with van der Waals surface area (Å²) in [7, 11) is 0.305. The zero-order valence-corrected chi connectivity index (χ0v) is 19.1. The largest absolute Gasteiger partial charge is 0.373 e. The molecule has 168 valence electrons. The molecular formula is C21H35N5O3S. The second-order valence-corrected chi connectivity index (χ2v) is 10.3. The summed E-state index contributed by atoms with van der Waals surface area (Å²) in [4.78, 5) is 9.21. The molecule has 2 fully saturated rings. The summed E-state index contributed by atoms with van der Waals surface area (Å²) in [6, 6.07) is 10.9. The fourth-order valence-corrected chi connectivity index (χ4v) is 4.99. The van der Waals surface area contributed by atoms with Crippen LogP contribution in [0.2, 0.25) is 0 Å². The first-order valence-electron chi connectivity index (χ1n) is 10.7. The quantitative estimate of drug-likeness (QED) is 0.369. The van der Waals surface area contributed by atoms with Crippen LogP contribution in [-0.2, 0) is 21.3 Å².